The van der Waals surface area contributed by atoms with Crippen LogP contribution in [-0.2, 0) is 25.5 Å². The monoisotopic (exact) mass is 428 g/mol. The summed E-state index contributed by atoms with van der Waals surface area (Å²) >= 11 is 0. The minimum absolute atomic E-state index is 0.0461. The average Bonchev–Trinajstić information content (AvgIpc) is 3.27. The first-order valence-electron chi connectivity index (χ1n) is 11.3. The highest BCUT2D eigenvalue weighted by Crippen LogP contribution is 2.62. The molecule has 2 fully saturated rings. The van der Waals surface area contributed by atoms with Crippen LogP contribution >= 0.6 is 0 Å². The Balaban J connectivity index is 1.92. The lowest BCUT2D eigenvalue weighted by Gasteiger charge is -2.59. The number of carbonyl (C=O) groups is 2. The number of fused-ring (bicyclic) bond motifs is 1. The third kappa shape index (κ3) is 4.11. The molecule has 5 heteroatoms. The maximum Gasteiger partial charge on any atom is 0.333 e. The van der Waals surface area contributed by atoms with Gasteiger partial charge in [-0.25, -0.2) is 4.79 Å². The summed E-state index contributed by atoms with van der Waals surface area (Å²) in [5.74, 6) is -0.313. The lowest BCUT2D eigenvalue weighted by molar-refractivity contribution is -0.196. The Morgan fingerprint density at radius 2 is 2.06 bits per heavy atom. The number of furan rings is 1. The zero-order valence-electron chi connectivity index (χ0n) is 19.5. The number of hydrogen-bond donors (Lipinski definition) is 0. The Bertz CT molecular complexity index is 851. The Morgan fingerprint density at radius 3 is 2.68 bits per heavy atom. The van der Waals surface area contributed by atoms with Crippen molar-refractivity contribution in [3.8, 4) is 0 Å². The van der Waals surface area contributed by atoms with E-state index in [4.69, 9.17) is 13.9 Å². The minimum Gasteiger partial charge on any atom is -0.472 e. The topological polar surface area (TPSA) is 65.7 Å². The van der Waals surface area contributed by atoms with Crippen molar-refractivity contribution in [1.82, 2.24) is 0 Å². The molecule has 5 atom stereocenters. The average molecular weight is 429 g/mol. The number of methoxy groups -OCH3 is 1. The zero-order chi connectivity index (χ0) is 22.8. The molecule has 0 unspecified atom stereocenters. The van der Waals surface area contributed by atoms with E-state index in [1.807, 2.05) is 19.9 Å². The molecule has 0 saturated heterocycles. The molecule has 2 aliphatic rings. The number of carbonyl (C=O) groups excluding carboxylic acids is 2. The molecule has 3 rings (SSSR count). The van der Waals surface area contributed by atoms with Crippen LogP contribution in [0.2, 0.25) is 0 Å². The summed E-state index contributed by atoms with van der Waals surface area (Å²) in [5.41, 5.74) is 1.99. The van der Waals surface area contributed by atoms with Crippen molar-refractivity contribution >= 4 is 11.9 Å². The lowest BCUT2D eigenvalue weighted by Crippen LogP contribution is -2.60. The van der Waals surface area contributed by atoms with Crippen molar-refractivity contribution in [2.75, 3.05) is 7.11 Å². The van der Waals surface area contributed by atoms with E-state index in [1.165, 1.54) is 18.2 Å². The number of esters is 2. The van der Waals surface area contributed by atoms with Gasteiger partial charge in [0, 0.05) is 5.57 Å². The van der Waals surface area contributed by atoms with Gasteiger partial charge in [-0.3, -0.25) is 4.79 Å². The first-order valence-corrected chi connectivity index (χ1v) is 11.3. The van der Waals surface area contributed by atoms with E-state index in [0.717, 1.165) is 32.1 Å². The molecule has 0 aromatic carbocycles. The molecule has 1 aromatic heterocycles. The first kappa shape index (κ1) is 23.4. The van der Waals surface area contributed by atoms with E-state index in [0.29, 0.717) is 17.9 Å². The van der Waals surface area contributed by atoms with Gasteiger partial charge in [0.05, 0.1) is 19.6 Å². The predicted octanol–water partition coefficient (Wildman–Crippen LogP) is 5.65. The van der Waals surface area contributed by atoms with Gasteiger partial charge in [-0.1, -0.05) is 25.2 Å². The standard InChI is InChI=1S/C26H36O5/c1-7-17(2)23(27)31-22-12-14-25(4)20(10-9-19-13-15-30-16-19)18(3)8-11-21(25)26(22,5)24(28)29-6/h7,13,15-16,20-22H,3,8-12,14H2,1-2,4-6H3/b17-7-/t20-,21+,22-,25+,26-/m1/s1. The summed E-state index contributed by atoms with van der Waals surface area (Å²) in [7, 11) is 1.42. The van der Waals surface area contributed by atoms with Gasteiger partial charge in [-0.2, -0.15) is 0 Å². The van der Waals surface area contributed by atoms with Crippen molar-refractivity contribution in [2.24, 2.45) is 22.7 Å². The molecule has 0 N–H and O–H groups in total. The maximum absolute atomic E-state index is 13.2. The van der Waals surface area contributed by atoms with Crippen molar-refractivity contribution in [1.29, 1.82) is 0 Å². The molecule has 0 spiro atoms. The predicted molar refractivity (Wildman–Crippen MR) is 119 cm³/mol. The fraction of sp³-hybridized carbons (Fsp3) is 0.615. The van der Waals surface area contributed by atoms with Crippen molar-refractivity contribution in [3.63, 3.8) is 0 Å². The first-order chi connectivity index (χ1) is 14.7. The van der Waals surface area contributed by atoms with Crippen molar-refractivity contribution < 1.29 is 23.5 Å². The summed E-state index contributed by atoms with van der Waals surface area (Å²) in [4.78, 5) is 25.8. The molecule has 2 saturated carbocycles. The van der Waals surface area contributed by atoms with Gasteiger partial charge in [-0.05, 0) is 88.2 Å². The molecule has 1 aromatic rings. The summed E-state index contributed by atoms with van der Waals surface area (Å²) in [6, 6.07) is 2.00. The third-order valence-electron chi connectivity index (χ3n) is 8.11. The number of rotatable bonds is 6. The molecule has 0 radical (unpaired) electrons. The molecular formula is C26H36O5. The van der Waals surface area contributed by atoms with Crippen LogP contribution in [0.4, 0.5) is 0 Å². The quantitative estimate of drug-likeness (QED) is 0.333. The van der Waals surface area contributed by atoms with Gasteiger partial charge in [0.25, 0.3) is 0 Å². The van der Waals surface area contributed by atoms with Gasteiger partial charge in [-0.15, -0.1) is 0 Å². The van der Waals surface area contributed by atoms with E-state index in [9.17, 15) is 9.59 Å². The highest BCUT2D eigenvalue weighted by molar-refractivity contribution is 5.88. The van der Waals surface area contributed by atoms with Gasteiger partial charge < -0.3 is 13.9 Å². The van der Waals surface area contributed by atoms with Crippen LogP contribution in [0.25, 0.3) is 0 Å². The van der Waals surface area contributed by atoms with Crippen LogP contribution < -0.4 is 0 Å². The van der Waals surface area contributed by atoms with Gasteiger partial charge in [0.2, 0.25) is 0 Å². The Hall–Kier alpha value is -2.30. The lowest BCUT2D eigenvalue weighted by atomic mass is 9.46. The summed E-state index contributed by atoms with van der Waals surface area (Å²) in [6.07, 6.45) is 9.85. The van der Waals surface area contributed by atoms with E-state index in [1.54, 1.807) is 25.5 Å². The molecule has 0 amide bonds. The van der Waals surface area contributed by atoms with E-state index in [2.05, 4.69) is 13.5 Å². The van der Waals surface area contributed by atoms with Crippen LogP contribution in [0.5, 0.6) is 0 Å². The van der Waals surface area contributed by atoms with Gasteiger partial charge in [0.1, 0.15) is 11.5 Å². The van der Waals surface area contributed by atoms with Crippen LogP contribution in [0.1, 0.15) is 65.4 Å². The zero-order valence-corrected chi connectivity index (χ0v) is 19.5. The Kier molecular flexibility index (Phi) is 6.82. The van der Waals surface area contributed by atoms with Crippen LogP contribution in [0, 0.1) is 22.7 Å². The molecule has 0 bridgehead atoms. The smallest absolute Gasteiger partial charge is 0.333 e. The number of allylic oxidation sites excluding steroid dienone is 2. The summed E-state index contributed by atoms with van der Waals surface area (Å²) in [6.45, 7) is 12.2. The van der Waals surface area contributed by atoms with Gasteiger partial charge in [0.15, 0.2) is 0 Å². The van der Waals surface area contributed by atoms with Crippen molar-refractivity contribution in [3.05, 3.63) is 48.0 Å². The number of hydrogen-bond acceptors (Lipinski definition) is 5. The second-order valence-corrected chi connectivity index (χ2v) is 9.66. The van der Waals surface area contributed by atoms with E-state index >= 15 is 0 Å². The van der Waals surface area contributed by atoms with Crippen LogP contribution in [-0.4, -0.2) is 25.2 Å². The maximum atomic E-state index is 13.2. The summed E-state index contributed by atoms with van der Waals surface area (Å²) in [5, 5.41) is 0. The highest BCUT2D eigenvalue weighted by atomic mass is 16.6. The molecule has 5 nitrogen and oxygen atoms in total. The van der Waals surface area contributed by atoms with E-state index in [-0.39, 0.29) is 23.3 Å². The van der Waals surface area contributed by atoms with Crippen LogP contribution in [0.3, 0.4) is 0 Å². The van der Waals surface area contributed by atoms with Crippen LogP contribution in [0.15, 0.2) is 46.8 Å². The molecular weight excluding hydrogens is 392 g/mol. The third-order valence-corrected chi connectivity index (χ3v) is 8.11. The Labute approximate surface area is 185 Å². The molecule has 0 aliphatic heterocycles. The number of ether oxygens (including phenoxy) is 2. The van der Waals surface area contributed by atoms with E-state index < -0.39 is 11.5 Å². The minimum atomic E-state index is -0.889. The molecule has 2 aliphatic carbocycles. The van der Waals surface area contributed by atoms with Gasteiger partial charge >= 0.3 is 11.9 Å². The van der Waals surface area contributed by atoms with Crippen molar-refractivity contribution in [2.45, 2.75) is 72.3 Å². The molecule has 170 valence electrons. The molecule has 1 heterocycles. The second-order valence-electron chi connectivity index (χ2n) is 9.66. The summed E-state index contributed by atoms with van der Waals surface area (Å²) < 4.78 is 16.4. The fourth-order valence-electron chi connectivity index (χ4n) is 6.14. The number of aryl methyl sites for hydroxylation is 1. The Morgan fingerprint density at radius 1 is 1.32 bits per heavy atom. The second kappa shape index (κ2) is 9.05. The fourth-order valence-corrected chi connectivity index (χ4v) is 6.14. The largest absolute Gasteiger partial charge is 0.472 e. The SMILES string of the molecule is C=C1CC[C@H]2[C@@](C)(CC[C@@H](OC(=O)/C(C)=C\C)[C@]2(C)C(=O)OC)[C@@H]1CCc1ccoc1. The normalized spacial score (nSPS) is 33.5. The highest BCUT2D eigenvalue weighted by Gasteiger charge is 2.62. The molecule has 31 heavy (non-hydrogen) atoms.